The average Bonchev–Trinajstić information content (AvgIpc) is 2.48. The minimum atomic E-state index is -0.0661. The standard InChI is InChI=1S/C15H13BrINO2/c1-18(11-4-3-5-12(9-11)20-2)15(19)13-8-10(17)6-7-14(13)16/h3-9H,1-2H3. The highest BCUT2D eigenvalue weighted by Gasteiger charge is 2.17. The molecule has 0 aromatic heterocycles. The van der Waals surface area contributed by atoms with Crippen molar-refractivity contribution in [3.63, 3.8) is 0 Å². The Bertz CT molecular complexity index is 646. The molecular weight excluding hydrogens is 433 g/mol. The van der Waals surface area contributed by atoms with Crippen molar-refractivity contribution in [2.24, 2.45) is 0 Å². The molecule has 0 bridgehead atoms. The van der Waals surface area contributed by atoms with E-state index in [-0.39, 0.29) is 5.91 Å². The third-order valence-electron chi connectivity index (χ3n) is 2.90. The number of rotatable bonds is 3. The summed E-state index contributed by atoms with van der Waals surface area (Å²) in [5.74, 6) is 0.660. The Morgan fingerprint density at radius 3 is 2.70 bits per heavy atom. The van der Waals surface area contributed by atoms with Crippen molar-refractivity contribution in [3.8, 4) is 5.75 Å². The van der Waals surface area contributed by atoms with Crippen molar-refractivity contribution in [2.75, 3.05) is 19.1 Å². The smallest absolute Gasteiger partial charge is 0.259 e. The molecule has 0 fully saturated rings. The highest BCUT2D eigenvalue weighted by molar-refractivity contribution is 14.1. The summed E-state index contributed by atoms with van der Waals surface area (Å²) in [5.41, 5.74) is 1.43. The SMILES string of the molecule is COc1cccc(N(C)C(=O)c2cc(I)ccc2Br)c1. The fourth-order valence-corrected chi connectivity index (χ4v) is 2.69. The van der Waals surface area contributed by atoms with E-state index in [0.717, 1.165) is 19.5 Å². The van der Waals surface area contributed by atoms with Crippen LogP contribution in [0.3, 0.4) is 0 Å². The lowest BCUT2D eigenvalue weighted by atomic mass is 10.2. The van der Waals surface area contributed by atoms with E-state index in [2.05, 4.69) is 38.5 Å². The molecule has 0 unspecified atom stereocenters. The summed E-state index contributed by atoms with van der Waals surface area (Å²) < 4.78 is 7.00. The van der Waals surface area contributed by atoms with E-state index in [1.165, 1.54) is 0 Å². The molecule has 2 rings (SSSR count). The largest absolute Gasteiger partial charge is 0.497 e. The zero-order valence-electron chi connectivity index (χ0n) is 11.1. The highest BCUT2D eigenvalue weighted by atomic mass is 127. The maximum atomic E-state index is 12.6. The van der Waals surface area contributed by atoms with Crippen LogP contribution >= 0.6 is 38.5 Å². The summed E-state index contributed by atoms with van der Waals surface area (Å²) in [6.45, 7) is 0. The van der Waals surface area contributed by atoms with Gasteiger partial charge in [-0.15, -0.1) is 0 Å². The summed E-state index contributed by atoms with van der Waals surface area (Å²) in [7, 11) is 3.36. The van der Waals surface area contributed by atoms with Gasteiger partial charge < -0.3 is 9.64 Å². The maximum absolute atomic E-state index is 12.6. The number of carbonyl (C=O) groups is 1. The number of amides is 1. The van der Waals surface area contributed by atoms with Crippen molar-refractivity contribution >= 4 is 50.1 Å². The summed E-state index contributed by atoms with van der Waals surface area (Å²) >= 11 is 5.62. The highest BCUT2D eigenvalue weighted by Crippen LogP contribution is 2.25. The molecule has 0 aliphatic rings. The van der Waals surface area contributed by atoms with E-state index in [9.17, 15) is 4.79 Å². The molecule has 2 aromatic rings. The summed E-state index contributed by atoms with van der Waals surface area (Å²) in [5, 5.41) is 0. The first-order valence-corrected chi connectivity index (χ1v) is 7.77. The molecule has 104 valence electrons. The van der Waals surface area contributed by atoms with Crippen molar-refractivity contribution in [1.29, 1.82) is 0 Å². The number of ether oxygens (including phenoxy) is 1. The van der Waals surface area contributed by atoms with E-state index < -0.39 is 0 Å². The molecule has 0 radical (unpaired) electrons. The van der Waals surface area contributed by atoms with Crippen LogP contribution in [0.5, 0.6) is 5.75 Å². The monoisotopic (exact) mass is 445 g/mol. The fourth-order valence-electron chi connectivity index (χ4n) is 1.78. The Hall–Kier alpha value is -1.08. The van der Waals surface area contributed by atoms with Crippen LogP contribution in [-0.4, -0.2) is 20.1 Å². The number of hydrogen-bond donors (Lipinski definition) is 0. The van der Waals surface area contributed by atoms with E-state index in [1.807, 2.05) is 42.5 Å². The Morgan fingerprint density at radius 1 is 1.25 bits per heavy atom. The molecule has 0 aliphatic heterocycles. The number of benzene rings is 2. The van der Waals surface area contributed by atoms with Gasteiger partial charge in [0, 0.05) is 26.8 Å². The molecule has 20 heavy (non-hydrogen) atoms. The second-order valence-corrected chi connectivity index (χ2v) is 6.29. The first kappa shape index (κ1) is 15.3. The molecule has 0 saturated heterocycles. The molecule has 0 N–H and O–H groups in total. The second-order valence-electron chi connectivity index (χ2n) is 4.19. The molecular formula is C15H13BrINO2. The van der Waals surface area contributed by atoms with Gasteiger partial charge in [-0.1, -0.05) is 6.07 Å². The summed E-state index contributed by atoms with van der Waals surface area (Å²) in [6, 6.07) is 13.1. The zero-order valence-corrected chi connectivity index (χ0v) is 14.8. The maximum Gasteiger partial charge on any atom is 0.259 e. The lowest BCUT2D eigenvalue weighted by Gasteiger charge is -2.19. The Morgan fingerprint density at radius 2 is 2.00 bits per heavy atom. The van der Waals surface area contributed by atoms with Crippen LogP contribution in [0.2, 0.25) is 0 Å². The van der Waals surface area contributed by atoms with Crippen LogP contribution < -0.4 is 9.64 Å². The van der Waals surface area contributed by atoms with Gasteiger partial charge in [-0.25, -0.2) is 0 Å². The van der Waals surface area contributed by atoms with Crippen LogP contribution in [0.25, 0.3) is 0 Å². The molecule has 0 heterocycles. The quantitative estimate of drug-likeness (QED) is 0.657. The van der Waals surface area contributed by atoms with Gasteiger partial charge in [0.2, 0.25) is 0 Å². The molecule has 0 saturated carbocycles. The first-order valence-electron chi connectivity index (χ1n) is 5.90. The Kier molecular flexibility index (Phi) is 5.04. The molecule has 0 aliphatic carbocycles. The fraction of sp³-hybridized carbons (Fsp3) is 0.133. The first-order chi connectivity index (χ1) is 9.52. The van der Waals surface area contributed by atoms with Crippen LogP contribution in [0, 0.1) is 3.57 Å². The van der Waals surface area contributed by atoms with Gasteiger partial charge in [0.15, 0.2) is 0 Å². The molecule has 0 atom stereocenters. The number of methoxy groups -OCH3 is 1. The van der Waals surface area contributed by atoms with Crippen LogP contribution in [0.1, 0.15) is 10.4 Å². The lowest BCUT2D eigenvalue weighted by molar-refractivity contribution is 0.0992. The van der Waals surface area contributed by atoms with Gasteiger partial charge >= 0.3 is 0 Å². The second kappa shape index (κ2) is 6.58. The molecule has 2 aromatic carbocycles. The van der Waals surface area contributed by atoms with Gasteiger partial charge in [0.25, 0.3) is 5.91 Å². The average molecular weight is 446 g/mol. The van der Waals surface area contributed by atoms with Gasteiger partial charge in [-0.05, 0) is 68.9 Å². The molecule has 5 heteroatoms. The zero-order chi connectivity index (χ0) is 14.7. The van der Waals surface area contributed by atoms with Gasteiger partial charge in [0.05, 0.1) is 12.7 Å². The number of carbonyl (C=O) groups excluding carboxylic acids is 1. The van der Waals surface area contributed by atoms with Gasteiger partial charge in [-0.3, -0.25) is 4.79 Å². The lowest BCUT2D eigenvalue weighted by Crippen LogP contribution is -2.26. The van der Waals surface area contributed by atoms with E-state index in [0.29, 0.717) is 5.56 Å². The summed E-state index contributed by atoms with van der Waals surface area (Å²) in [6.07, 6.45) is 0. The third kappa shape index (κ3) is 3.32. The predicted octanol–water partition coefficient (Wildman–Crippen LogP) is 4.34. The van der Waals surface area contributed by atoms with E-state index >= 15 is 0 Å². The van der Waals surface area contributed by atoms with Gasteiger partial charge in [0.1, 0.15) is 5.75 Å². The minimum Gasteiger partial charge on any atom is -0.497 e. The van der Waals surface area contributed by atoms with Gasteiger partial charge in [-0.2, -0.15) is 0 Å². The van der Waals surface area contributed by atoms with E-state index in [1.54, 1.807) is 19.1 Å². The number of anilines is 1. The van der Waals surface area contributed by atoms with Crippen molar-refractivity contribution in [3.05, 3.63) is 56.1 Å². The van der Waals surface area contributed by atoms with E-state index in [4.69, 9.17) is 4.74 Å². The summed E-state index contributed by atoms with van der Waals surface area (Å²) in [4.78, 5) is 14.2. The Balaban J connectivity index is 2.34. The number of halogens is 2. The van der Waals surface area contributed by atoms with Crippen LogP contribution in [0.15, 0.2) is 46.9 Å². The van der Waals surface area contributed by atoms with Crippen LogP contribution in [-0.2, 0) is 0 Å². The normalized spacial score (nSPS) is 10.2. The van der Waals surface area contributed by atoms with Crippen molar-refractivity contribution < 1.29 is 9.53 Å². The van der Waals surface area contributed by atoms with Crippen molar-refractivity contribution in [2.45, 2.75) is 0 Å². The third-order valence-corrected chi connectivity index (χ3v) is 4.27. The minimum absolute atomic E-state index is 0.0661. The van der Waals surface area contributed by atoms with Crippen LogP contribution in [0.4, 0.5) is 5.69 Å². The predicted molar refractivity (Wildman–Crippen MR) is 92.6 cm³/mol. The Labute approximate surface area is 140 Å². The number of hydrogen-bond acceptors (Lipinski definition) is 2. The van der Waals surface area contributed by atoms with Crippen molar-refractivity contribution in [1.82, 2.24) is 0 Å². The molecule has 3 nitrogen and oxygen atoms in total. The topological polar surface area (TPSA) is 29.5 Å². The molecule has 0 spiro atoms. The number of nitrogens with zero attached hydrogens (tertiary/aromatic N) is 1. The molecule has 1 amide bonds.